The van der Waals surface area contributed by atoms with E-state index in [0.717, 1.165) is 31.7 Å². The highest BCUT2D eigenvalue weighted by atomic mass is 35.5. The molecular weight excluding hydrogens is 340 g/mol. The highest BCUT2D eigenvalue weighted by molar-refractivity contribution is 6.36. The van der Waals surface area contributed by atoms with Crippen molar-refractivity contribution in [3.8, 4) is 6.07 Å². The molecule has 0 radical (unpaired) electrons. The summed E-state index contributed by atoms with van der Waals surface area (Å²) < 4.78 is 0. The van der Waals surface area contributed by atoms with Gasteiger partial charge in [-0.25, -0.2) is 0 Å². The van der Waals surface area contributed by atoms with Gasteiger partial charge in [-0.1, -0.05) is 29.3 Å². The molecule has 0 aromatic heterocycles. The predicted octanol–water partition coefficient (Wildman–Crippen LogP) is 3.70. The predicted molar refractivity (Wildman–Crippen MR) is 88.4 cm³/mol. The van der Waals surface area contributed by atoms with Gasteiger partial charge < -0.3 is 5.32 Å². The molecule has 7 heteroatoms. The van der Waals surface area contributed by atoms with Gasteiger partial charge in [0.15, 0.2) is 0 Å². The first-order valence-electron chi connectivity index (χ1n) is 5.99. The largest absolute Gasteiger partial charge is 0.314 e. The van der Waals surface area contributed by atoms with Crippen LogP contribution in [0.1, 0.15) is 18.0 Å². The Morgan fingerprint density at radius 2 is 1.75 bits per heavy atom. The first-order valence-corrected chi connectivity index (χ1v) is 6.75. The minimum atomic E-state index is -0.0155. The fourth-order valence-corrected chi connectivity index (χ4v) is 2.97. The summed E-state index contributed by atoms with van der Waals surface area (Å²) in [5.41, 5.74) is 0.879. The summed E-state index contributed by atoms with van der Waals surface area (Å²) in [6.45, 7) is 3.69. The van der Waals surface area contributed by atoms with Gasteiger partial charge in [0.2, 0.25) is 0 Å². The number of hydrogen-bond donors (Lipinski definition) is 1. The van der Waals surface area contributed by atoms with Crippen molar-refractivity contribution in [2.24, 2.45) is 0 Å². The Hall–Kier alpha value is -0.210. The van der Waals surface area contributed by atoms with Gasteiger partial charge in [0, 0.05) is 41.8 Å². The van der Waals surface area contributed by atoms with Crippen molar-refractivity contribution in [1.29, 1.82) is 5.26 Å². The molecule has 1 N–H and O–H groups in total. The van der Waals surface area contributed by atoms with Gasteiger partial charge in [-0.15, -0.1) is 24.8 Å². The summed E-state index contributed by atoms with van der Waals surface area (Å²) in [6, 6.07) is 7.71. The lowest BCUT2D eigenvalue weighted by molar-refractivity contribution is 0.176. The Morgan fingerprint density at radius 1 is 1.20 bits per heavy atom. The maximum Gasteiger partial charge on any atom is 0.0641 e. The molecule has 0 bridgehead atoms. The first-order chi connectivity index (χ1) is 8.74. The second-order valence-corrected chi connectivity index (χ2v) is 5.11. The molecule has 0 aliphatic carbocycles. The molecular formula is C13H17Cl4N3. The molecule has 0 spiro atoms. The molecule has 2 rings (SSSR count). The number of piperazine rings is 1. The average molecular weight is 357 g/mol. The van der Waals surface area contributed by atoms with E-state index in [0.29, 0.717) is 16.5 Å². The SMILES string of the molecule is Cl.Cl.N#CC[C@@H](c1c(Cl)cccc1Cl)N1CCNCC1. The smallest absolute Gasteiger partial charge is 0.0641 e. The Morgan fingerprint density at radius 3 is 2.25 bits per heavy atom. The number of hydrogen-bond acceptors (Lipinski definition) is 3. The van der Waals surface area contributed by atoms with E-state index in [9.17, 15) is 0 Å². The molecule has 112 valence electrons. The van der Waals surface area contributed by atoms with E-state index < -0.39 is 0 Å². The molecule has 1 heterocycles. The van der Waals surface area contributed by atoms with Crippen molar-refractivity contribution in [3.05, 3.63) is 33.8 Å². The first kappa shape index (κ1) is 19.8. The summed E-state index contributed by atoms with van der Waals surface area (Å²) >= 11 is 12.5. The van der Waals surface area contributed by atoms with Gasteiger partial charge in [0.1, 0.15) is 0 Å². The summed E-state index contributed by atoms with van der Waals surface area (Å²) in [4.78, 5) is 2.27. The minimum Gasteiger partial charge on any atom is -0.314 e. The third-order valence-corrected chi connectivity index (χ3v) is 3.87. The minimum absolute atomic E-state index is 0. The third-order valence-electron chi connectivity index (χ3n) is 3.21. The lowest BCUT2D eigenvalue weighted by atomic mass is 10.0. The number of halogens is 4. The molecule has 0 unspecified atom stereocenters. The fourth-order valence-electron chi connectivity index (χ4n) is 2.32. The van der Waals surface area contributed by atoms with Crippen molar-refractivity contribution >= 4 is 48.0 Å². The van der Waals surface area contributed by atoms with Crippen molar-refractivity contribution in [3.63, 3.8) is 0 Å². The zero-order valence-corrected chi connectivity index (χ0v) is 14.0. The Labute approximate surface area is 142 Å². The normalized spacial score (nSPS) is 16.4. The topological polar surface area (TPSA) is 39.1 Å². The molecule has 1 aliphatic rings. The molecule has 1 atom stereocenters. The molecule has 3 nitrogen and oxygen atoms in total. The van der Waals surface area contributed by atoms with Crippen LogP contribution in [0, 0.1) is 11.3 Å². The maximum absolute atomic E-state index is 9.03. The molecule has 1 aromatic carbocycles. The average Bonchev–Trinajstić information content (AvgIpc) is 2.38. The van der Waals surface area contributed by atoms with E-state index in [-0.39, 0.29) is 30.9 Å². The lowest BCUT2D eigenvalue weighted by Crippen LogP contribution is -2.45. The van der Waals surface area contributed by atoms with Crippen LogP contribution in [-0.2, 0) is 0 Å². The Kier molecular flexibility index (Phi) is 9.58. The van der Waals surface area contributed by atoms with Crippen LogP contribution in [-0.4, -0.2) is 31.1 Å². The number of nitriles is 1. The Bertz CT molecular complexity index is 435. The zero-order chi connectivity index (χ0) is 13.0. The highest BCUT2D eigenvalue weighted by Gasteiger charge is 2.25. The van der Waals surface area contributed by atoms with E-state index in [1.165, 1.54) is 0 Å². The number of benzene rings is 1. The monoisotopic (exact) mass is 355 g/mol. The molecule has 1 aromatic rings. The van der Waals surface area contributed by atoms with Crippen molar-refractivity contribution in [2.75, 3.05) is 26.2 Å². The number of rotatable bonds is 3. The van der Waals surface area contributed by atoms with Crippen LogP contribution in [0.2, 0.25) is 10.0 Å². The highest BCUT2D eigenvalue weighted by Crippen LogP contribution is 2.35. The van der Waals surface area contributed by atoms with Crippen LogP contribution in [0.15, 0.2) is 18.2 Å². The summed E-state index contributed by atoms with van der Waals surface area (Å²) in [7, 11) is 0. The fraction of sp³-hybridized carbons (Fsp3) is 0.462. The standard InChI is InChI=1S/C13H15Cl2N3.2ClH/c14-10-2-1-3-11(15)13(10)12(4-5-16)18-8-6-17-7-9-18;;/h1-3,12,17H,4,6-9H2;2*1H/t12-;;/m0../s1. The van der Waals surface area contributed by atoms with Gasteiger partial charge in [-0.05, 0) is 12.1 Å². The van der Waals surface area contributed by atoms with Gasteiger partial charge in [-0.2, -0.15) is 5.26 Å². The molecule has 1 saturated heterocycles. The van der Waals surface area contributed by atoms with Crippen LogP contribution < -0.4 is 5.32 Å². The van der Waals surface area contributed by atoms with Crippen molar-refractivity contribution in [1.82, 2.24) is 10.2 Å². The van der Waals surface area contributed by atoms with E-state index in [1.807, 2.05) is 18.2 Å². The zero-order valence-electron chi connectivity index (χ0n) is 10.8. The second-order valence-electron chi connectivity index (χ2n) is 4.30. The number of nitrogens with zero attached hydrogens (tertiary/aromatic N) is 2. The molecule has 1 aliphatic heterocycles. The van der Waals surface area contributed by atoms with Crippen LogP contribution in [0.5, 0.6) is 0 Å². The van der Waals surface area contributed by atoms with E-state index in [1.54, 1.807) is 0 Å². The van der Waals surface area contributed by atoms with Gasteiger partial charge in [0.25, 0.3) is 0 Å². The van der Waals surface area contributed by atoms with Crippen molar-refractivity contribution in [2.45, 2.75) is 12.5 Å². The molecule has 0 amide bonds. The van der Waals surface area contributed by atoms with Crippen LogP contribution in [0.3, 0.4) is 0 Å². The van der Waals surface area contributed by atoms with Crippen LogP contribution in [0.4, 0.5) is 0 Å². The summed E-state index contributed by atoms with van der Waals surface area (Å²) in [5.74, 6) is 0. The van der Waals surface area contributed by atoms with Crippen LogP contribution in [0.25, 0.3) is 0 Å². The molecule has 1 fully saturated rings. The van der Waals surface area contributed by atoms with Gasteiger partial charge >= 0.3 is 0 Å². The lowest BCUT2D eigenvalue weighted by Gasteiger charge is -2.34. The Balaban J connectivity index is 0.00000180. The summed E-state index contributed by atoms with van der Waals surface area (Å²) in [6.07, 6.45) is 0.406. The second kappa shape index (κ2) is 9.68. The van der Waals surface area contributed by atoms with E-state index in [2.05, 4.69) is 16.3 Å². The molecule has 20 heavy (non-hydrogen) atoms. The third kappa shape index (κ3) is 4.66. The quantitative estimate of drug-likeness (QED) is 0.897. The van der Waals surface area contributed by atoms with Crippen LogP contribution >= 0.6 is 48.0 Å². The summed E-state index contributed by atoms with van der Waals surface area (Å²) in [5, 5.41) is 13.6. The van der Waals surface area contributed by atoms with Gasteiger partial charge in [-0.3, -0.25) is 4.90 Å². The maximum atomic E-state index is 9.03. The molecule has 0 saturated carbocycles. The van der Waals surface area contributed by atoms with Crippen molar-refractivity contribution < 1.29 is 0 Å². The van der Waals surface area contributed by atoms with E-state index in [4.69, 9.17) is 28.5 Å². The number of nitrogens with one attached hydrogen (secondary N) is 1. The van der Waals surface area contributed by atoms with Gasteiger partial charge in [0.05, 0.1) is 18.5 Å². The van der Waals surface area contributed by atoms with E-state index >= 15 is 0 Å².